The number of carbonyl (C=O) groups excluding carboxylic acids is 1. The molecule has 0 saturated carbocycles. The zero-order chi connectivity index (χ0) is 9.19. The highest BCUT2D eigenvalue weighted by Gasteiger charge is 2.35. The van der Waals surface area contributed by atoms with E-state index < -0.39 is 5.72 Å². The molecule has 1 aliphatic rings. The standard InChI is InChI=1S/C8H15NO3/c1-4-11-7(10)6-5-12-8(2,3)9-6/h6,9H,4-5H2,1-3H3/t6-/m0/s1. The summed E-state index contributed by atoms with van der Waals surface area (Å²) in [5.41, 5.74) is -0.405. The van der Waals surface area contributed by atoms with E-state index in [1.807, 2.05) is 13.8 Å². The smallest absolute Gasteiger partial charge is 0.325 e. The lowest BCUT2D eigenvalue weighted by molar-refractivity contribution is -0.145. The third-order valence-electron chi connectivity index (χ3n) is 1.70. The van der Waals surface area contributed by atoms with Crippen LogP contribution in [0.25, 0.3) is 0 Å². The van der Waals surface area contributed by atoms with Gasteiger partial charge < -0.3 is 9.47 Å². The van der Waals surface area contributed by atoms with E-state index in [9.17, 15) is 4.79 Å². The van der Waals surface area contributed by atoms with Gasteiger partial charge in [0.2, 0.25) is 0 Å². The van der Waals surface area contributed by atoms with Crippen LogP contribution in [-0.4, -0.2) is 30.9 Å². The Labute approximate surface area is 72.2 Å². The number of ether oxygens (including phenoxy) is 2. The predicted molar refractivity (Wildman–Crippen MR) is 43.6 cm³/mol. The van der Waals surface area contributed by atoms with E-state index in [-0.39, 0.29) is 12.0 Å². The maximum atomic E-state index is 11.2. The van der Waals surface area contributed by atoms with E-state index in [0.29, 0.717) is 13.2 Å². The van der Waals surface area contributed by atoms with Crippen LogP contribution in [0.3, 0.4) is 0 Å². The fourth-order valence-electron chi connectivity index (χ4n) is 1.16. The first-order chi connectivity index (χ1) is 5.55. The minimum absolute atomic E-state index is 0.233. The van der Waals surface area contributed by atoms with Crippen molar-refractivity contribution in [2.24, 2.45) is 0 Å². The van der Waals surface area contributed by atoms with Crippen molar-refractivity contribution in [2.75, 3.05) is 13.2 Å². The summed E-state index contributed by atoms with van der Waals surface area (Å²) in [5, 5.41) is 3.02. The molecule has 0 spiro atoms. The fourth-order valence-corrected chi connectivity index (χ4v) is 1.16. The third kappa shape index (κ3) is 2.19. The van der Waals surface area contributed by atoms with Gasteiger partial charge in [0.15, 0.2) is 0 Å². The summed E-state index contributed by atoms with van der Waals surface area (Å²) in [7, 11) is 0. The topological polar surface area (TPSA) is 47.6 Å². The van der Waals surface area contributed by atoms with E-state index in [1.54, 1.807) is 6.92 Å². The second-order valence-corrected chi connectivity index (χ2v) is 3.27. The third-order valence-corrected chi connectivity index (χ3v) is 1.70. The minimum atomic E-state index is -0.405. The van der Waals surface area contributed by atoms with Crippen LogP contribution in [-0.2, 0) is 14.3 Å². The Balaban J connectivity index is 2.41. The van der Waals surface area contributed by atoms with Crippen LogP contribution in [0.2, 0.25) is 0 Å². The summed E-state index contributed by atoms with van der Waals surface area (Å²) in [6.07, 6.45) is 0. The van der Waals surface area contributed by atoms with Crippen molar-refractivity contribution < 1.29 is 14.3 Å². The first kappa shape index (κ1) is 9.48. The molecule has 4 heteroatoms. The highest BCUT2D eigenvalue weighted by atomic mass is 16.6. The molecule has 0 aromatic carbocycles. The number of hydrogen-bond acceptors (Lipinski definition) is 4. The van der Waals surface area contributed by atoms with Crippen molar-refractivity contribution in [1.82, 2.24) is 5.32 Å². The number of esters is 1. The maximum absolute atomic E-state index is 11.2. The highest BCUT2D eigenvalue weighted by molar-refractivity contribution is 5.76. The lowest BCUT2D eigenvalue weighted by Crippen LogP contribution is -2.43. The Morgan fingerprint density at radius 2 is 2.42 bits per heavy atom. The lowest BCUT2D eigenvalue weighted by Gasteiger charge is -2.17. The largest absolute Gasteiger partial charge is 0.465 e. The van der Waals surface area contributed by atoms with Crippen molar-refractivity contribution in [3.05, 3.63) is 0 Å². The molecule has 0 bridgehead atoms. The van der Waals surface area contributed by atoms with Gasteiger partial charge >= 0.3 is 5.97 Å². The van der Waals surface area contributed by atoms with Crippen LogP contribution < -0.4 is 5.32 Å². The van der Waals surface area contributed by atoms with Gasteiger partial charge in [-0.05, 0) is 20.8 Å². The molecule has 0 amide bonds. The van der Waals surface area contributed by atoms with Crippen LogP contribution >= 0.6 is 0 Å². The van der Waals surface area contributed by atoms with Gasteiger partial charge in [0.05, 0.1) is 13.2 Å². The second-order valence-electron chi connectivity index (χ2n) is 3.27. The molecule has 1 heterocycles. The van der Waals surface area contributed by atoms with Crippen LogP contribution in [0, 0.1) is 0 Å². The number of rotatable bonds is 2. The van der Waals surface area contributed by atoms with Crippen molar-refractivity contribution >= 4 is 5.97 Å². The van der Waals surface area contributed by atoms with Crippen molar-refractivity contribution in [3.63, 3.8) is 0 Å². The van der Waals surface area contributed by atoms with E-state index in [0.717, 1.165) is 0 Å². The van der Waals surface area contributed by atoms with Crippen LogP contribution in [0.5, 0.6) is 0 Å². The van der Waals surface area contributed by atoms with Gasteiger partial charge in [-0.15, -0.1) is 0 Å². The molecule has 0 unspecified atom stereocenters. The van der Waals surface area contributed by atoms with Gasteiger partial charge in [0, 0.05) is 0 Å². The number of carbonyl (C=O) groups is 1. The average Bonchev–Trinajstić information content (AvgIpc) is 2.31. The molecule has 0 aromatic heterocycles. The van der Waals surface area contributed by atoms with Crippen LogP contribution in [0.4, 0.5) is 0 Å². The van der Waals surface area contributed by atoms with Gasteiger partial charge in [-0.2, -0.15) is 0 Å². The second kappa shape index (κ2) is 3.41. The molecule has 4 nitrogen and oxygen atoms in total. The molecule has 1 aliphatic heterocycles. The van der Waals surface area contributed by atoms with Gasteiger partial charge in [0.1, 0.15) is 11.8 Å². The van der Waals surface area contributed by atoms with E-state index in [1.165, 1.54) is 0 Å². The molecule has 1 atom stereocenters. The summed E-state index contributed by atoms with van der Waals surface area (Å²) < 4.78 is 10.1. The van der Waals surface area contributed by atoms with Crippen LogP contribution in [0.15, 0.2) is 0 Å². The first-order valence-electron chi connectivity index (χ1n) is 4.13. The predicted octanol–water partition coefficient (Wildman–Crippen LogP) is 0.274. The maximum Gasteiger partial charge on any atom is 0.325 e. The molecule has 1 rings (SSSR count). The summed E-state index contributed by atoms with van der Waals surface area (Å²) in [5.74, 6) is -0.233. The highest BCUT2D eigenvalue weighted by Crippen LogP contribution is 2.14. The monoisotopic (exact) mass is 173 g/mol. The van der Waals surface area contributed by atoms with Gasteiger partial charge in [-0.3, -0.25) is 10.1 Å². The summed E-state index contributed by atoms with van der Waals surface area (Å²) in [6.45, 7) is 6.36. The van der Waals surface area contributed by atoms with E-state index >= 15 is 0 Å². The molecule has 1 saturated heterocycles. The quantitative estimate of drug-likeness (QED) is 0.609. The van der Waals surface area contributed by atoms with Gasteiger partial charge in [-0.1, -0.05) is 0 Å². The molecule has 1 N–H and O–H groups in total. The van der Waals surface area contributed by atoms with E-state index in [4.69, 9.17) is 9.47 Å². The van der Waals surface area contributed by atoms with Gasteiger partial charge in [0.25, 0.3) is 0 Å². The van der Waals surface area contributed by atoms with Crippen molar-refractivity contribution in [3.8, 4) is 0 Å². The molecule has 0 aromatic rings. The lowest BCUT2D eigenvalue weighted by atomic mass is 10.3. The molecular formula is C8H15NO3. The Morgan fingerprint density at radius 1 is 1.75 bits per heavy atom. The van der Waals surface area contributed by atoms with Crippen LogP contribution in [0.1, 0.15) is 20.8 Å². The molecule has 12 heavy (non-hydrogen) atoms. The first-order valence-corrected chi connectivity index (χ1v) is 4.13. The minimum Gasteiger partial charge on any atom is -0.465 e. The summed E-state index contributed by atoms with van der Waals surface area (Å²) >= 11 is 0. The number of hydrogen-bond donors (Lipinski definition) is 1. The summed E-state index contributed by atoms with van der Waals surface area (Å²) in [4.78, 5) is 11.2. The SMILES string of the molecule is CCOC(=O)[C@@H]1COC(C)(C)N1. The fraction of sp³-hybridized carbons (Fsp3) is 0.875. The van der Waals surface area contributed by atoms with Crippen molar-refractivity contribution in [1.29, 1.82) is 0 Å². The molecule has 0 radical (unpaired) electrons. The Kier molecular flexibility index (Phi) is 2.69. The van der Waals surface area contributed by atoms with E-state index in [2.05, 4.69) is 5.32 Å². The Hall–Kier alpha value is -0.610. The Bertz CT molecular complexity index is 179. The molecular weight excluding hydrogens is 158 g/mol. The average molecular weight is 173 g/mol. The molecule has 70 valence electrons. The molecule has 0 aliphatic carbocycles. The zero-order valence-electron chi connectivity index (χ0n) is 7.72. The number of nitrogens with one attached hydrogen (secondary N) is 1. The Morgan fingerprint density at radius 3 is 2.83 bits per heavy atom. The van der Waals surface area contributed by atoms with Gasteiger partial charge in [-0.25, -0.2) is 0 Å². The molecule has 1 fully saturated rings. The summed E-state index contributed by atoms with van der Waals surface area (Å²) in [6, 6.07) is -0.306. The zero-order valence-corrected chi connectivity index (χ0v) is 7.72. The van der Waals surface area contributed by atoms with Crippen molar-refractivity contribution in [2.45, 2.75) is 32.5 Å². The normalized spacial score (nSPS) is 27.1.